The summed E-state index contributed by atoms with van der Waals surface area (Å²) in [6, 6.07) is 5.80. The number of aromatic nitrogens is 4. The van der Waals surface area contributed by atoms with Gasteiger partial charge in [-0.15, -0.1) is 5.10 Å². The Kier molecular flexibility index (Phi) is 5.30. The molecule has 0 radical (unpaired) electrons. The summed E-state index contributed by atoms with van der Waals surface area (Å²) in [5.41, 5.74) is 2.76. The van der Waals surface area contributed by atoms with Gasteiger partial charge in [-0.1, -0.05) is 24.8 Å². The summed E-state index contributed by atoms with van der Waals surface area (Å²) >= 11 is 1.51. The number of H-pyrrole nitrogens is 1. The highest BCUT2D eigenvalue weighted by atomic mass is 32.2. The molecule has 0 amide bonds. The van der Waals surface area contributed by atoms with Crippen LogP contribution in [0.1, 0.15) is 50.0 Å². The van der Waals surface area contributed by atoms with E-state index in [1.165, 1.54) is 24.8 Å². The average Bonchev–Trinajstić information content (AvgIpc) is 3.31. The largest absolute Gasteiger partial charge is 0.493 e. The predicted octanol–water partition coefficient (Wildman–Crippen LogP) is 4.14. The summed E-state index contributed by atoms with van der Waals surface area (Å²) in [5.74, 6) is 2.44. The second-order valence-corrected chi connectivity index (χ2v) is 7.66. The van der Waals surface area contributed by atoms with Crippen LogP contribution in [-0.2, 0) is 0 Å². The molecule has 2 heterocycles. The van der Waals surface area contributed by atoms with Crippen LogP contribution in [0.2, 0.25) is 0 Å². The number of imidazole rings is 1. The van der Waals surface area contributed by atoms with Gasteiger partial charge in [0.1, 0.15) is 11.6 Å². The Morgan fingerprint density at radius 3 is 2.86 bits per heavy atom. The maximum atomic E-state index is 12.9. The summed E-state index contributed by atoms with van der Waals surface area (Å²) < 4.78 is 10.8. The van der Waals surface area contributed by atoms with Crippen molar-refractivity contribution >= 4 is 23.2 Å². The number of rotatable bonds is 6. The first-order valence-corrected chi connectivity index (χ1v) is 10.9. The molecule has 2 aromatic heterocycles. The minimum atomic E-state index is -0.176. The van der Waals surface area contributed by atoms with Crippen molar-refractivity contribution in [3.05, 3.63) is 40.1 Å². The smallest absolute Gasteiger partial charge is 0.277 e. The molecule has 0 saturated heterocycles. The van der Waals surface area contributed by atoms with E-state index in [9.17, 15) is 4.79 Å². The first-order chi connectivity index (χ1) is 13.6. The number of hydrogen-bond acceptors (Lipinski definition) is 6. The number of ether oxygens (including phenoxy) is 1. The Labute approximate surface area is 168 Å². The SMILES string of the molecule is CCOc1ccc(NSC)cc1-c1nn2c(C3CCCC3)nc(C)c2c(=O)[nH]1. The average molecular weight is 400 g/mol. The maximum Gasteiger partial charge on any atom is 0.277 e. The van der Waals surface area contributed by atoms with Crippen LogP contribution in [0.5, 0.6) is 5.75 Å². The fourth-order valence-corrected chi connectivity index (χ4v) is 4.30. The number of benzene rings is 1. The number of nitrogens with zero attached hydrogens (tertiary/aromatic N) is 3. The third-order valence-corrected chi connectivity index (χ3v) is 5.62. The van der Waals surface area contributed by atoms with Gasteiger partial charge in [0, 0.05) is 17.9 Å². The molecule has 7 nitrogen and oxygen atoms in total. The molecule has 0 unspecified atom stereocenters. The van der Waals surface area contributed by atoms with E-state index >= 15 is 0 Å². The molecule has 1 saturated carbocycles. The maximum absolute atomic E-state index is 12.9. The van der Waals surface area contributed by atoms with Crippen molar-refractivity contribution in [3.63, 3.8) is 0 Å². The summed E-state index contributed by atoms with van der Waals surface area (Å²) in [6.45, 7) is 4.35. The fraction of sp³-hybridized carbons (Fsp3) is 0.450. The van der Waals surface area contributed by atoms with Crippen LogP contribution in [0.15, 0.2) is 23.0 Å². The minimum Gasteiger partial charge on any atom is -0.493 e. The standard InChI is InChI=1S/C20H25N5O2S/c1-4-27-16-10-9-14(24-28-3)11-15(16)18-22-20(26)17-12(2)21-19(25(17)23-18)13-7-5-6-8-13/h9-11,13,24H,4-8H2,1-3H3,(H,22,23,26). The van der Waals surface area contributed by atoms with Gasteiger partial charge in [0.05, 0.1) is 17.9 Å². The van der Waals surface area contributed by atoms with E-state index in [4.69, 9.17) is 14.8 Å². The fourth-order valence-electron chi connectivity index (χ4n) is 3.94. The van der Waals surface area contributed by atoms with Crippen molar-refractivity contribution < 1.29 is 4.74 Å². The van der Waals surface area contributed by atoms with Gasteiger partial charge in [-0.25, -0.2) is 9.50 Å². The molecular weight excluding hydrogens is 374 g/mol. The van der Waals surface area contributed by atoms with E-state index in [0.29, 0.717) is 29.6 Å². The predicted molar refractivity (Wildman–Crippen MR) is 113 cm³/mol. The number of aryl methyl sites for hydroxylation is 1. The molecule has 0 aliphatic heterocycles. The number of fused-ring (bicyclic) bond motifs is 1. The first kappa shape index (κ1) is 18.9. The Hall–Kier alpha value is -2.48. The van der Waals surface area contributed by atoms with E-state index in [1.807, 2.05) is 38.3 Å². The van der Waals surface area contributed by atoms with Gasteiger partial charge >= 0.3 is 0 Å². The zero-order valence-electron chi connectivity index (χ0n) is 16.4. The zero-order valence-corrected chi connectivity index (χ0v) is 17.2. The van der Waals surface area contributed by atoms with Crippen LogP contribution in [0.3, 0.4) is 0 Å². The molecule has 28 heavy (non-hydrogen) atoms. The second-order valence-electron chi connectivity index (χ2n) is 7.05. The molecule has 8 heteroatoms. The Morgan fingerprint density at radius 1 is 1.36 bits per heavy atom. The number of nitrogens with one attached hydrogen (secondary N) is 2. The first-order valence-electron chi connectivity index (χ1n) is 9.68. The van der Waals surface area contributed by atoms with Gasteiger partial charge in [-0.3, -0.25) is 4.79 Å². The van der Waals surface area contributed by atoms with Crippen molar-refractivity contribution in [2.75, 3.05) is 17.6 Å². The van der Waals surface area contributed by atoms with E-state index in [1.54, 1.807) is 4.52 Å². The van der Waals surface area contributed by atoms with Crippen molar-refractivity contribution in [2.45, 2.75) is 45.4 Å². The molecule has 0 spiro atoms. The van der Waals surface area contributed by atoms with Crippen molar-refractivity contribution in [1.82, 2.24) is 19.6 Å². The monoisotopic (exact) mass is 399 g/mol. The highest BCUT2D eigenvalue weighted by Gasteiger charge is 2.25. The van der Waals surface area contributed by atoms with Crippen LogP contribution in [-0.4, -0.2) is 32.4 Å². The van der Waals surface area contributed by atoms with Gasteiger partial charge in [0.25, 0.3) is 5.56 Å². The van der Waals surface area contributed by atoms with Crippen molar-refractivity contribution in [3.8, 4) is 17.1 Å². The number of anilines is 1. The lowest BCUT2D eigenvalue weighted by Crippen LogP contribution is -2.16. The second kappa shape index (κ2) is 7.87. The lowest BCUT2D eigenvalue weighted by Gasteiger charge is -2.13. The van der Waals surface area contributed by atoms with Crippen LogP contribution in [0, 0.1) is 6.92 Å². The molecule has 3 aromatic rings. The molecule has 2 N–H and O–H groups in total. The lowest BCUT2D eigenvalue weighted by molar-refractivity contribution is 0.341. The topological polar surface area (TPSA) is 84.3 Å². The van der Waals surface area contributed by atoms with E-state index < -0.39 is 0 Å². The third kappa shape index (κ3) is 3.37. The molecule has 1 aromatic carbocycles. The Morgan fingerprint density at radius 2 is 2.14 bits per heavy atom. The normalized spacial score (nSPS) is 14.7. The molecule has 0 bridgehead atoms. The lowest BCUT2D eigenvalue weighted by atomic mass is 10.1. The quantitative estimate of drug-likeness (QED) is 0.606. The summed E-state index contributed by atoms with van der Waals surface area (Å²) in [4.78, 5) is 20.5. The highest BCUT2D eigenvalue weighted by molar-refractivity contribution is 7.99. The van der Waals surface area contributed by atoms with Gasteiger partial charge in [-0.2, -0.15) is 0 Å². The molecule has 1 fully saturated rings. The van der Waals surface area contributed by atoms with Crippen LogP contribution in [0.4, 0.5) is 5.69 Å². The molecule has 4 rings (SSSR count). The van der Waals surface area contributed by atoms with E-state index in [0.717, 1.165) is 35.6 Å². The number of aromatic amines is 1. The van der Waals surface area contributed by atoms with Gasteiger partial charge in [0.2, 0.25) is 0 Å². The zero-order chi connectivity index (χ0) is 19.7. The molecule has 148 valence electrons. The van der Waals surface area contributed by atoms with Crippen LogP contribution in [0.25, 0.3) is 16.9 Å². The van der Waals surface area contributed by atoms with Gasteiger partial charge in [-0.05, 0) is 44.9 Å². The minimum absolute atomic E-state index is 0.176. The molecule has 1 aliphatic rings. The molecule has 1 aliphatic carbocycles. The molecular formula is C20H25N5O2S. The van der Waals surface area contributed by atoms with Crippen molar-refractivity contribution in [1.29, 1.82) is 0 Å². The van der Waals surface area contributed by atoms with E-state index in [-0.39, 0.29) is 5.56 Å². The number of hydrogen-bond donors (Lipinski definition) is 2. The van der Waals surface area contributed by atoms with Gasteiger partial charge in [0.15, 0.2) is 11.3 Å². The summed E-state index contributed by atoms with van der Waals surface area (Å²) in [6.07, 6.45) is 6.56. The molecule has 0 atom stereocenters. The Bertz CT molecular complexity index is 1050. The summed E-state index contributed by atoms with van der Waals surface area (Å²) in [7, 11) is 0. The van der Waals surface area contributed by atoms with Crippen LogP contribution >= 0.6 is 11.9 Å². The van der Waals surface area contributed by atoms with Crippen LogP contribution < -0.4 is 15.0 Å². The van der Waals surface area contributed by atoms with Gasteiger partial charge < -0.3 is 14.4 Å². The van der Waals surface area contributed by atoms with E-state index in [2.05, 4.69) is 9.71 Å². The Balaban J connectivity index is 1.90. The highest BCUT2D eigenvalue weighted by Crippen LogP contribution is 2.35. The summed E-state index contributed by atoms with van der Waals surface area (Å²) in [5, 5.41) is 4.80. The third-order valence-electron chi connectivity index (χ3n) is 5.18. The van der Waals surface area contributed by atoms with Crippen molar-refractivity contribution in [2.24, 2.45) is 0 Å².